The van der Waals surface area contributed by atoms with E-state index in [1.165, 1.54) is 11.8 Å². The van der Waals surface area contributed by atoms with Gasteiger partial charge in [0.1, 0.15) is 5.75 Å². The van der Waals surface area contributed by atoms with Crippen LogP contribution in [-0.2, 0) is 11.3 Å². The highest BCUT2D eigenvalue weighted by Crippen LogP contribution is 2.27. The predicted octanol–water partition coefficient (Wildman–Crippen LogP) is 4.16. The minimum Gasteiger partial charge on any atom is -0.496 e. The zero-order valence-electron chi connectivity index (χ0n) is 16.4. The van der Waals surface area contributed by atoms with Crippen LogP contribution in [0.1, 0.15) is 23.6 Å². The number of aryl methyl sites for hydroxylation is 2. The molecule has 0 fully saturated rings. The van der Waals surface area contributed by atoms with Gasteiger partial charge in [0, 0.05) is 17.7 Å². The van der Waals surface area contributed by atoms with Gasteiger partial charge < -0.3 is 14.5 Å². The minimum atomic E-state index is -0.373. The largest absolute Gasteiger partial charge is 0.496 e. The molecule has 0 saturated heterocycles. The number of rotatable bonds is 7. The lowest BCUT2D eigenvalue weighted by atomic mass is 10.1. The van der Waals surface area contributed by atoms with E-state index < -0.39 is 0 Å². The number of para-hydroxylation sites is 1. The Kier molecular flexibility index (Phi) is 6.36. The second-order valence-electron chi connectivity index (χ2n) is 6.54. The molecule has 0 spiro atoms. The Morgan fingerprint density at radius 1 is 1.18 bits per heavy atom. The van der Waals surface area contributed by atoms with Crippen LogP contribution in [0.5, 0.6) is 5.75 Å². The topological polar surface area (TPSA) is 77.2 Å². The number of benzene rings is 2. The molecule has 1 atom stereocenters. The summed E-state index contributed by atoms with van der Waals surface area (Å²) in [7, 11) is 1.61. The van der Waals surface area contributed by atoms with Crippen molar-refractivity contribution in [3.05, 3.63) is 59.2 Å². The van der Waals surface area contributed by atoms with Crippen molar-refractivity contribution in [3.8, 4) is 17.2 Å². The van der Waals surface area contributed by atoms with Gasteiger partial charge in [0.2, 0.25) is 11.8 Å². The fourth-order valence-electron chi connectivity index (χ4n) is 2.85. The molecule has 6 nitrogen and oxygen atoms in total. The number of thioether (sulfide) groups is 1. The van der Waals surface area contributed by atoms with Crippen LogP contribution < -0.4 is 10.1 Å². The van der Waals surface area contributed by atoms with Gasteiger partial charge in [-0.3, -0.25) is 4.79 Å². The molecule has 0 radical (unpaired) electrons. The minimum absolute atomic E-state index is 0.109. The molecule has 7 heteroatoms. The zero-order chi connectivity index (χ0) is 20.1. The van der Waals surface area contributed by atoms with E-state index in [0.29, 0.717) is 17.7 Å². The number of nitrogens with zero attached hydrogens (tertiary/aromatic N) is 2. The molecule has 28 heavy (non-hydrogen) atoms. The Morgan fingerprint density at radius 2 is 1.89 bits per heavy atom. The molecule has 0 aliphatic rings. The van der Waals surface area contributed by atoms with E-state index in [0.717, 1.165) is 28.0 Å². The normalized spacial score (nSPS) is 11.9. The molecular formula is C21H23N3O3S. The second kappa shape index (κ2) is 8.93. The Balaban J connectivity index is 1.60. The third-order valence-electron chi connectivity index (χ3n) is 4.17. The number of methoxy groups -OCH3 is 1. The summed E-state index contributed by atoms with van der Waals surface area (Å²) in [5.41, 5.74) is 4.06. The summed E-state index contributed by atoms with van der Waals surface area (Å²) in [5, 5.41) is 11.1. The number of carbonyl (C=O) groups is 1. The van der Waals surface area contributed by atoms with Gasteiger partial charge in [0.05, 0.1) is 12.4 Å². The summed E-state index contributed by atoms with van der Waals surface area (Å²) in [6.07, 6.45) is 0. The van der Waals surface area contributed by atoms with Crippen molar-refractivity contribution in [1.82, 2.24) is 15.5 Å². The van der Waals surface area contributed by atoms with Gasteiger partial charge in [-0.1, -0.05) is 47.2 Å². The van der Waals surface area contributed by atoms with Crippen LogP contribution in [0.15, 0.2) is 52.1 Å². The lowest BCUT2D eigenvalue weighted by Gasteiger charge is -2.12. The van der Waals surface area contributed by atoms with Gasteiger partial charge in [-0.05, 0) is 39.0 Å². The fourth-order valence-corrected chi connectivity index (χ4v) is 3.56. The first-order chi connectivity index (χ1) is 13.5. The summed E-state index contributed by atoms with van der Waals surface area (Å²) >= 11 is 1.24. The number of amides is 1. The molecule has 0 saturated carbocycles. The van der Waals surface area contributed by atoms with Crippen LogP contribution in [-0.4, -0.2) is 28.5 Å². The smallest absolute Gasteiger partial charge is 0.277 e. The molecular weight excluding hydrogens is 374 g/mol. The summed E-state index contributed by atoms with van der Waals surface area (Å²) in [6.45, 7) is 6.25. The van der Waals surface area contributed by atoms with Gasteiger partial charge in [0.15, 0.2) is 0 Å². The van der Waals surface area contributed by atoms with E-state index in [1.807, 2.05) is 57.2 Å². The molecule has 3 aromatic rings. The highest BCUT2D eigenvalue weighted by molar-refractivity contribution is 8.00. The fraction of sp³-hybridized carbons (Fsp3) is 0.286. The first-order valence-electron chi connectivity index (χ1n) is 8.94. The number of ether oxygens (including phenoxy) is 1. The van der Waals surface area contributed by atoms with Crippen molar-refractivity contribution in [1.29, 1.82) is 0 Å². The van der Waals surface area contributed by atoms with Gasteiger partial charge in [-0.15, -0.1) is 10.2 Å². The Labute approximate surface area is 168 Å². The van der Waals surface area contributed by atoms with Gasteiger partial charge >= 0.3 is 0 Å². The Hall–Kier alpha value is -2.80. The number of carbonyl (C=O) groups excluding carboxylic acids is 1. The van der Waals surface area contributed by atoms with E-state index >= 15 is 0 Å². The summed E-state index contributed by atoms with van der Waals surface area (Å²) in [5.74, 6) is 1.09. The maximum absolute atomic E-state index is 12.4. The zero-order valence-corrected chi connectivity index (χ0v) is 17.2. The first-order valence-corrected chi connectivity index (χ1v) is 9.82. The molecule has 146 valence electrons. The molecule has 1 amide bonds. The first kappa shape index (κ1) is 19.9. The predicted molar refractivity (Wildman–Crippen MR) is 109 cm³/mol. The summed E-state index contributed by atoms with van der Waals surface area (Å²) in [6, 6.07) is 13.7. The molecule has 0 bridgehead atoms. The summed E-state index contributed by atoms with van der Waals surface area (Å²) in [4.78, 5) is 12.4. The second-order valence-corrected chi connectivity index (χ2v) is 7.83. The van der Waals surface area contributed by atoms with Crippen molar-refractivity contribution in [2.45, 2.75) is 37.8 Å². The maximum atomic E-state index is 12.4. The molecule has 2 aromatic carbocycles. The van der Waals surface area contributed by atoms with E-state index in [2.05, 4.69) is 21.6 Å². The van der Waals surface area contributed by atoms with Crippen LogP contribution in [0, 0.1) is 13.8 Å². The van der Waals surface area contributed by atoms with E-state index in [-0.39, 0.29) is 11.2 Å². The average molecular weight is 398 g/mol. The van der Waals surface area contributed by atoms with E-state index in [9.17, 15) is 4.79 Å². The molecule has 1 unspecified atom stereocenters. The SMILES string of the molecule is COc1ccccc1CNC(=O)C(C)Sc1nnc(-c2cc(C)cc(C)c2)o1. The maximum Gasteiger partial charge on any atom is 0.277 e. The van der Waals surface area contributed by atoms with Crippen molar-refractivity contribution in [2.24, 2.45) is 0 Å². The molecule has 3 rings (SSSR count). The summed E-state index contributed by atoms with van der Waals surface area (Å²) < 4.78 is 11.0. The van der Waals surface area contributed by atoms with Crippen molar-refractivity contribution in [3.63, 3.8) is 0 Å². The highest BCUT2D eigenvalue weighted by Gasteiger charge is 2.19. The molecule has 1 aromatic heterocycles. The van der Waals surface area contributed by atoms with E-state index in [1.54, 1.807) is 7.11 Å². The van der Waals surface area contributed by atoms with Crippen molar-refractivity contribution >= 4 is 17.7 Å². The lowest BCUT2D eigenvalue weighted by molar-refractivity contribution is -0.120. The van der Waals surface area contributed by atoms with Crippen LogP contribution in [0.4, 0.5) is 0 Å². The molecule has 1 N–H and O–H groups in total. The average Bonchev–Trinajstić information content (AvgIpc) is 3.14. The van der Waals surface area contributed by atoms with Crippen LogP contribution in [0.25, 0.3) is 11.5 Å². The van der Waals surface area contributed by atoms with Crippen LogP contribution in [0.2, 0.25) is 0 Å². The standard InChI is InChI=1S/C21H23N3O3S/c1-13-9-14(2)11-17(10-13)20-23-24-21(27-20)28-15(3)19(25)22-12-16-7-5-6-8-18(16)26-4/h5-11,15H,12H2,1-4H3,(H,22,25). The van der Waals surface area contributed by atoms with Crippen molar-refractivity contribution in [2.75, 3.05) is 7.11 Å². The van der Waals surface area contributed by atoms with Crippen LogP contribution >= 0.6 is 11.8 Å². The number of hydrogen-bond donors (Lipinski definition) is 1. The van der Waals surface area contributed by atoms with Crippen LogP contribution in [0.3, 0.4) is 0 Å². The van der Waals surface area contributed by atoms with Crippen molar-refractivity contribution < 1.29 is 13.9 Å². The van der Waals surface area contributed by atoms with Gasteiger partial charge in [-0.2, -0.15) is 0 Å². The monoisotopic (exact) mass is 397 g/mol. The molecule has 1 heterocycles. The Bertz CT molecular complexity index is 951. The Morgan fingerprint density at radius 3 is 2.61 bits per heavy atom. The molecule has 0 aliphatic heterocycles. The van der Waals surface area contributed by atoms with Gasteiger partial charge in [0.25, 0.3) is 5.22 Å². The van der Waals surface area contributed by atoms with Gasteiger partial charge in [-0.25, -0.2) is 0 Å². The molecule has 0 aliphatic carbocycles. The number of nitrogens with one attached hydrogen (secondary N) is 1. The number of aromatic nitrogens is 2. The third-order valence-corrected chi connectivity index (χ3v) is 5.10. The third kappa shape index (κ3) is 4.92. The lowest BCUT2D eigenvalue weighted by Crippen LogP contribution is -2.30. The quantitative estimate of drug-likeness (QED) is 0.603. The highest BCUT2D eigenvalue weighted by atomic mass is 32.2. The number of hydrogen-bond acceptors (Lipinski definition) is 6. The van der Waals surface area contributed by atoms with E-state index in [4.69, 9.17) is 9.15 Å².